The molecule has 2 aromatic rings. The molecular weight excluding hydrogens is 232 g/mol. The van der Waals surface area contributed by atoms with Gasteiger partial charge in [0.05, 0.1) is 24.5 Å². The van der Waals surface area contributed by atoms with E-state index in [0.717, 1.165) is 27.7 Å². The minimum atomic E-state index is 0.783. The molecule has 4 heteroatoms. The van der Waals surface area contributed by atoms with E-state index in [9.17, 15) is 0 Å². The molecule has 1 aromatic carbocycles. The van der Waals surface area contributed by atoms with Crippen LogP contribution < -0.4 is 4.74 Å². The predicted molar refractivity (Wildman–Crippen MR) is 55.3 cm³/mol. The third-order valence-corrected chi connectivity index (χ3v) is 2.57. The summed E-state index contributed by atoms with van der Waals surface area (Å²) in [6.45, 7) is 0. The lowest BCUT2D eigenvalue weighted by Crippen LogP contribution is -1.89. The molecule has 0 saturated carbocycles. The molecule has 0 radical (unpaired) electrons. The number of hydrogen-bond donors (Lipinski definition) is 1. The Bertz CT molecular complexity index is 386. The summed E-state index contributed by atoms with van der Waals surface area (Å²) in [7, 11) is 1.67. The van der Waals surface area contributed by atoms with Crippen LogP contribution in [-0.4, -0.2) is 17.1 Å². The van der Waals surface area contributed by atoms with Crippen molar-refractivity contribution in [2.45, 2.75) is 5.33 Å². The highest BCUT2D eigenvalue weighted by atomic mass is 79.9. The number of fused-ring (bicyclic) bond motifs is 1. The second kappa shape index (κ2) is 3.38. The average molecular weight is 241 g/mol. The van der Waals surface area contributed by atoms with Crippen molar-refractivity contribution in [3.8, 4) is 5.75 Å². The molecule has 0 atom stereocenters. The molecule has 0 saturated heterocycles. The number of aromatic amines is 1. The second-order valence-electron chi connectivity index (χ2n) is 2.72. The van der Waals surface area contributed by atoms with Crippen LogP contribution in [0.4, 0.5) is 0 Å². The zero-order chi connectivity index (χ0) is 9.26. The van der Waals surface area contributed by atoms with Gasteiger partial charge in [0.15, 0.2) is 0 Å². The first-order chi connectivity index (χ1) is 6.35. The lowest BCUT2D eigenvalue weighted by molar-refractivity contribution is 0.412. The van der Waals surface area contributed by atoms with E-state index in [1.54, 1.807) is 13.4 Å². The van der Waals surface area contributed by atoms with Crippen molar-refractivity contribution in [2.24, 2.45) is 0 Å². The molecule has 0 aliphatic heterocycles. The van der Waals surface area contributed by atoms with Gasteiger partial charge in [0.25, 0.3) is 0 Å². The maximum absolute atomic E-state index is 5.23. The molecule has 0 bridgehead atoms. The van der Waals surface area contributed by atoms with E-state index in [4.69, 9.17) is 4.74 Å². The first-order valence-electron chi connectivity index (χ1n) is 3.91. The van der Waals surface area contributed by atoms with E-state index in [-0.39, 0.29) is 0 Å². The Balaban J connectivity index is 2.67. The molecule has 0 aliphatic carbocycles. The third-order valence-electron chi connectivity index (χ3n) is 1.97. The Morgan fingerprint density at radius 1 is 1.54 bits per heavy atom. The Kier molecular flexibility index (Phi) is 2.22. The van der Waals surface area contributed by atoms with Gasteiger partial charge in [0, 0.05) is 17.0 Å². The number of rotatable bonds is 2. The van der Waals surface area contributed by atoms with Crippen LogP contribution in [0.3, 0.4) is 0 Å². The number of methoxy groups -OCH3 is 1. The van der Waals surface area contributed by atoms with Crippen LogP contribution in [0.2, 0.25) is 0 Å². The zero-order valence-electron chi connectivity index (χ0n) is 7.17. The van der Waals surface area contributed by atoms with E-state index < -0.39 is 0 Å². The number of ether oxygens (including phenoxy) is 1. The highest BCUT2D eigenvalue weighted by Crippen LogP contribution is 2.25. The Labute approximate surface area is 84.3 Å². The summed E-state index contributed by atoms with van der Waals surface area (Å²) >= 11 is 3.41. The summed E-state index contributed by atoms with van der Waals surface area (Å²) in [5.74, 6) is 0.872. The van der Waals surface area contributed by atoms with Gasteiger partial charge in [-0.15, -0.1) is 0 Å². The fourth-order valence-electron chi connectivity index (χ4n) is 1.30. The van der Waals surface area contributed by atoms with Crippen molar-refractivity contribution in [3.05, 3.63) is 24.0 Å². The van der Waals surface area contributed by atoms with E-state index in [0.29, 0.717) is 0 Å². The molecule has 2 rings (SSSR count). The standard InChI is InChI=1S/C9H9BrN2O/c1-13-9-3-8-7(11-5-12-8)2-6(9)4-10/h2-3,5H,4H2,1H3,(H,11,12). The van der Waals surface area contributed by atoms with Crippen LogP contribution in [-0.2, 0) is 5.33 Å². The van der Waals surface area contributed by atoms with Crippen molar-refractivity contribution in [2.75, 3.05) is 7.11 Å². The fraction of sp³-hybridized carbons (Fsp3) is 0.222. The number of benzene rings is 1. The molecule has 1 aromatic heterocycles. The zero-order valence-corrected chi connectivity index (χ0v) is 8.76. The number of H-pyrrole nitrogens is 1. The molecule has 0 unspecified atom stereocenters. The monoisotopic (exact) mass is 240 g/mol. The van der Waals surface area contributed by atoms with Crippen LogP contribution in [0.15, 0.2) is 18.5 Å². The van der Waals surface area contributed by atoms with Gasteiger partial charge in [-0.25, -0.2) is 4.98 Å². The minimum absolute atomic E-state index is 0.783. The number of nitrogens with zero attached hydrogens (tertiary/aromatic N) is 1. The van der Waals surface area contributed by atoms with Gasteiger partial charge in [-0.3, -0.25) is 0 Å². The van der Waals surface area contributed by atoms with Crippen molar-refractivity contribution in [1.29, 1.82) is 0 Å². The second-order valence-corrected chi connectivity index (χ2v) is 3.28. The number of aromatic nitrogens is 2. The summed E-state index contributed by atoms with van der Waals surface area (Å²) in [5.41, 5.74) is 3.09. The van der Waals surface area contributed by atoms with Crippen molar-refractivity contribution >= 4 is 27.0 Å². The highest BCUT2D eigenvalue weighted by molar-refractivity contribution is 9.08. The largest absolute Gasteiger partial charge is 0.496 e. The molecule has 1 heterocycles. The Morgan fingerprint density at radius 3 is 3.08 bits per heavy atom. The minimum Gasteiger partial charge on any atom is -0.496 e. The summed E-state index contributed by atoms with van der Waals surface area (Å²) in [6, 6.07) is 3.97. The number of imidazole rings is 1. The molecule has 0 fully saturated rings. The van der Waals surface area contributed by atoms with Crippen LogP contribution in [0, 0.1) is 0 Å². The molecule has 0 aliphatic rings. The van der Waals surface area contributed by atoms with Crippen LogP contribution in [0.25, 0.3) is 11.0 Å². The summed E-state index contributed by atoms with van der Waals surface area (Å²) in [6.07, 6.45) is 1.68. The Morgan fingerprint density at radius 2 is 2.38 bits per heavy atom. The Hall–Kier alpha value is -1.03. The molecule has 13 heavy (non-hydrogen) atoms. The molecule has 3 nitrogen and oxygen atoms in total. The lowest BCUT2D eigenvalue weighted by Gasteiger charge is -2.04. The van der Waals surface area contributed by atoms with Gasteiger partial charge < -0.3 is 9.72 Å². The lowest BCUT2D eigenvalue weighted by atomic mass is 10.2. The number of alkyl halides is 1. The number of halogens is 1. The predicted octanol–water partition coefficient (Wildman–Crippen LogP) is 2.47. The van der Waals surface area contributed by atoms with Gasteiger partial charge in [-0.05, 0) is 6.07 Å². The third kappa shape index (κ3) is 1.42. The van der Waals surface area contributed by atoms with Crippen molar-refractivity contribution in [3.63, 3.8) is 0 Å². The smallest absolute Gasteiger partial charge is 0.125 e. The van der Waals surface area contributed by atoms with E-state index in [1.807, 2.05) is 12.1 Å². The number of nitrogens with one attached hydrogen (secondary N) is 1. The normalized spacial score (nSPS) is 10.6. The van der Waals surface area contributed by atoms with Gasteiger partial charge >= 0.3 is 0 Å². The summed E-state index contributed by atoms with van der Waals surface area (Å²) in [4.78, 5) is 7.21. The number of hydrogen-bond acceptors (Lipinski definition) is 2. The fourth-order valence-corrected chi connectivity index (χ4v) is 1.74. The van der Waals surface area contributed by atoms with Gasteiger partial charge in [-0.1, -0.05) is 15.9 Å². The van der Waals surface area contributed by atoms with E-state index >= 15 is 0 Å². The molecule has 1 N–H and O–H groups in total. The van der Waals surface area contributed by atoms with Crippen molar-refractivity contribution in [1.82, 2.24) is 9.97 Å². The molecular formula is C9H9BrN2O. The first-order valence-corrected chi connectivity index (χ1v) is 5.03. The summed E-state index contributed by atoms with van der Waals surface area (Å²) < 4.78 is 5.23. The molecule has 0 amide bonds. The van der Waals surface area contributed by atoms with E-state index in [2.05, 4.69) is 25.9 Å². The van der Waals surface area contributed by atoms with Gasteiger partial charge in [-0.2, -0.15) is 0 Å². The highest BCUT2D eigenvalue weighted by Gasteiger charge is 2.05. The molecule has 68 valence electrons. The molecule has 0 spiro atoms. The quantitative estimate of drug-likeness (QED) is 0.820. The SMILES string of the molecule is COc1cc2nc[nH]c2cc1CBr. The van der Waals surface area contributed by atoms with Crippen LogP contribution in [0.1, 0.15) is 5.56 Å². The van der Waals surface area contributed by atoms with Gasteiger partial charge in [0.1, 0.15) is 5.75 Å². The van der Waals surface area contributed by atoms with E-state index in [1.165, 1.54) is 0 Å². The average Bonchev–Trinajstić information content (AvgIpc) is 2.62. The maximum atomic E-state index is 5.23. The van der Waals surface area contributed by atoms with Crippen LogP contribution in [0.5, 0.6) is 5.75 Å². The maximum Gasteiger partial charge on any atom is 0.125 e. The first kappa shape index (κ1) is 8.56. The summed E-state index contributed by atoms with van der Waals surface area (Å²) in [5, 5.41) is 0.783. The van der Waals surface area contributed by atoms with Gasteiger partial charge in [0.2, 0.25) is 0 Å². The van der Waals surface area contributed by atoms with Crippen LogP contribution >= 0.6 is 15.9 Å². The van der Waals surface area contributed by atoms with Crippen molar-refractivity contribution < 1.29 is 4.74 Å². The topological polar surface area (TPSA) is 37.9 Å².